The Bertz CT molecular complexity index is 625. The van der Waals surface area contributed by atoms with Gasteiger partial charge in [-0.2, -0.15) is 0 Å². The van der Waals surface area contributed by atoms with Crippen LogP contribution >= 0.6 is 0 Å². The van der Waals surface area contributed by atoms with Crippen molar-refractivity contribution in [2.24, 2.45) is 0 Å². The fourth-order valence-corrected chi connectivity index (χ4v) is 25.1. The van der Waals surface area contributed by atoms with Crippen LogP contribution in [0.4, 0.5) is 0 Å². The van der Waals surface area contributed by atoms with Crippen molar-refractivity contribution in [1.29, 1.82) is 0 Å². The van der Waals surface area contributed by atoms with Crippen molar-refractivity contribution in [2.75, 3.05) is 0 Å². The van der Waals surface area contributed by atoms with Crippen LogP contribution in [0.5, 0.6) is 0 Å². The molecule has 1 saturated heterocycles. The van der Waals surface area contributed by atoms with Crippen LogP contribution in [-0.2, 0) is 20.3 Å². The van der Waals surface area contributed by atoms with E-state index in [4.69, 9.17) is 0 Å². The molecule has 2 atom stereocenters. The first-order valence-electron chi connectivity index (χ1n) is 10.0. The van der Waals surface area contributed by atoms with E-state index in [-0.39, 0.29) is 0 Å². The van der Waals surface area contributed by atoms with Gasteiger partial charge in [0.2, 0.25) is 0 Å². The third-order valence-corrected chi connectivity index (χ3v) is 21.2. The van der Waals surface area contributed by atoms with E-state index in [1.165, 1.54) is 51.4 Å². The second-order valence-electron chi connectivity index (χ2n) is 8.89. The predicted octanol–water partition coefficient (Wildman–Crippen LogP) is 7.23. The molecule has 122 valence electrons. The molecule has 23 heavy (non-hydrogen) atoms. The summed E-state index contributed by atoms with van der Waals surface area (Å²) < 4.78 is 5.35. The molecule has 0 saturated carbocycles. The average Bonchev–Trinajstić information content (AvgIpc) is 3.13. The maximum atomic E-state index is 2.64. The van der Waals surface area contributed by atoms with E-state index >= 15 is 0 Å². The fourth-order valence-electron chi connectivity index (χ4n) is 6.65. The summed E-state index contributed by atoms with van der Waals surface area (Å²) in [5.41, 5.74) is 11.1. The molecular weight excluding hydrogens is 355 g/mol. The Hall–Kier alpha value is -0.157. The molecule has 0 aromatic carbocycles. The summed E-state index contributed by atoms with van der Waals surface area (Å²) in [7, 11) is 0. The molecule has 1 fully saturated rings. The molecule has 1 heterocycles. The van der Waals surface area contributed by atoms with E-state index in [1.807, 2.05) is 11.1 Å². The van der Waals surface area contributed by atoms with Crippen molar-refractivity contribution >= 4 is 0 Å². The van der Waals surface area contributed by atoms with Gasteiger partial charge in [-0.3, -0.25) is 0 Å². The van der Waals surface area contributed by atoms with Crippen LogP contribution in [0, 0.1) is 0 Å². The summed E-state index contributed by atoms with van der Waals surface area (Å²) in [5.74, 6) is 0. The number of hydrogen-bond acceptors (Lipinski definition) is 0. The monoisotopic (exact) mass is 384 g/mol. The van der Waals surface area contributed by atoms with E-state index in [0.717, 1.165) is 7.25 Å². The quantitative estimate of drug-likeness (QED) is 0.470. The van der Waals surface area contributed by atoms with Crippen LogP contribution in [0.15, 0.2) is 45.6 Å². The maximum absolute atomic E-state index is 2.64. The standard InChI is InChI=1S/2C10H13.C2H4.Zr/c2*1-8-6-9-4-2-3-5-10(9)7-8;1-2;/h2*6-7H,2-5H2,1H3;1-2H2;. The summed E-state index contributed by atoms with van der Waals surface area (Å²) >= 11 is -2.08. The summed E-state index contributed by atoms with van der Waals surface area (Å²) in [6, 6.07) is 0. The average molecular weight is 386 g/mol. The zero-order valence-electron chi connectivity index (χ0n) is 14.9. The molecule has 0 aromatic rings. The van der Waals surface area contributed by atoms with Crippen molar-refractivity contribution in [3.63, 3.8) is 0 Å². The Morgan fingerprint density at radius 1 is 0.696 bits per heavy atom. The van der Waals surface area contributed by atoms with E-state index in [1.54, 1.807) is 30.5 Å². The van der Waals surface area contributed by atoms with Crippen LogP contribution in [0.2, 0.25) is 15.5 Å². The van der Waals surface area contributed by atoms with Gasteiger partial charge in [-0.25, -0.2) is 0 Å². The van der Waals surface area contributed by atoms with Crippen LogP contribution in [0.25, 0.3) is 0 Å². The first-order valence-corrected chi connectivity index (χ1v) is 16.3. The van der Waals surface area contributed by atoms with Crippen LogP contribution in [0.1, 0.15) is 65.2 Å². The molecule has 1 heteroatoms. The topological polar surface area (TPSA) is 0 Å². The van der Waals surface area contributed by atoms with Crippen molar-refractivity contribution in [3.05, 3.63) is 45.6 Å². The number of allylic oxidation sites excluding steroid dienone is 8. The van der Waals surface area contributed by atoms with E-state index < -0.39 is 20.3 Å². The molecule has 0 aromatic heterocycles. The Balaban J connectivity index is 1.56. The first kappa shape index (κ1) is 15.1. The Morgan fingerprint density at radius 3 is 1.57 bits per heavy atom. The minimum atomic E-state index is -2.08. The zero-order chi connectivity index (χ0) is 15.6. The molecular formula is C22H30Zr. The Kier molecular flexibility index (Phi) is 3.56. The predicted molar refractivity (Wildman–Crippen MR) is 95.6 cm³/mol. The fraction of sp³-hybridized carbons (Fsp3) is 0.636. The third kappa shape index (κ3) is 2.18. The molecule has 0 spiro atoms. The van der Waals surface area contributed by atoms with Gasteiger partial charge in [0.15, 0.2) is 0 Å². The summed E-state index contributed by atoms with van der Waals surface area (Å²) in [6.07, 6.45) is 16.7. The molecule has 1 aliphatic heterocycles. The number of rotatable bonds is 2. The van der Waals surface area contributed by atoms with Gasteiger partial charge >= 0.3 is 147 Å². The normalized spacial score (nSPS) is 35.0. The molecule has 5 rings (SSSR count). The molecule has 2 unspecified atom stereocenters. The van der Waals surface area contributed by atoms with E-state index in [0.29, 0.717) is 0 Å². The molecule has 0 amide bonds. The molecule has 4 aliphatic carbocycles. The van der Waals surface area contributed by atoms with Gasteiger partial charge in [0.1, 0.15) is 0 Å². The van der Waals surface area contributed by atoms with Gasteiger partial charge in [-0.05, 0) is 0 Å². The molecule has 5 aliphatic rings. The van der Waals surface area contributed by atoms with Gasteiger partial charge < -0.3 is 0 Å². The molecule has 0 N–H and O–H groups in total. The van der Waals surface area contributed by atoms with Crippen molar-refractivity contribution in [3.8, 4) is 0 Å². The van der Waals surface area contributed by atoms with Gasteiger partial charge in [0, 0.05) is 0 Å². The number of hydrogen-bond donors (Lipinski definition) is 0. The first-order chi connectivity index (χ1) is 11.2. The second-order valence-corrected chi connectivity index (χ2v) is 20.2. The summed E-state index contributed by atoms with van der Waals surface area (Å²) in [4.78, 5) is 0. The van der Waals surface area contributed by atoms with Crippen molar-refractivity contribution < 1.29 is 20.3 Å². The van der Waals surface area contributed by atoms with Gasteiger partial charge in [0.05, 0.1) is 0 Å². The Morgan fingerprint density at radius 2 is 1.13 bits per heavy atom. The van der Waals surface area contributed by atoms with Crippen LogP contribution < -0.4 is 0 Å². The van der Waals surface area contributed by atoms with Crippen molar-refractivity contribution in [1.82, 2.24) is 0 Å². The SMILES string of the molecule is CC1=CC2=C(CCCC2)[CH]1[Zr]1([CH]2C(C)=CC3=C2CCCC3)[CH2][CH2]1. The molecule has 0 radical (unpaired) electrons. The Labute approximate surface area is 146 Å². The molecule has 0 nitrogen and oxygen atoms in total. The second kappa shape index (κ2) is 5.42. The van der Waals surface area contributed by atoms with Gasteiger partial charge in [-0.15, -0.1) is 0 Å². The zero-order valence-corrected chi connectivity index (χ0v) is 17.3. The van der Waals surface area contributed by atoms with Crippen LogP contribution in [0.3, 0.4) is 0 Å². The van der Waals surface area contributed by atoms with Crippen LogP contribution in [-0.4, -0.2) is 0 Å². The van der Waals surface area contributed by atoms with E-state index in [9.17, 15) is 0 Å². The van der Waals surface area contributed by atoms with E-state index in [2.05, 4.69) is 26.0 Å². The van der Waals surface area contributed by atoms with Gasteiger partial charge in [0.25, 0.3) is 0 Å². The van der Waals surface area contributed by atoms with Crippen molar-refractivity contribution in [2.45, 2.75) is 80.7 Å². The third-order valence-electron chi connectivity index (χ3n) is 7.50. The molecule has 0 bridgehead atoms. The van der Waals surface area contributed by atoms with Gasteiger partial charge in [-0.1, -0.05) is 0 Å². The minimum absolute atomic E-state index is 1.00. The summed E-state index contributed by atoms with van der Waals surface area (Å²) in [6.45, 7) is 4.98. The summed E-state index contributed by atoms with van der Waals surface area (Å²) in [5, 5.41) is 0.